The minimum absolute atomic E-state index is 0. The zero-order valence-electron chi connectivity index (χ0n) is 17.8. The molecule has 6 nitrogen and oxygen atoms in total. The number of hydrogen-bond acceptors (Lipinski definition) is 3. The van der Waals surface area contributed by atoms with Gasteiger partial charge in [0.15, 0.2) is 5.96 Å². The van der Waals surface area contributed by atoms with Gasteiger partial charge in [-0.05, 0) is 50.8 Å². The second-order valence-electron chi connectivity index (χ2n) is 6.92. The lowest BCUT2D eigenvalue weighted by Gasteiger charge is -2.26. The Morgan fingerprint density at radius 3 is 2.54 bits per heavy atom. The SMILES string of the molecule is CCNC(=NCC(c1cccc(OC)c1)N(C)C)N(C)Cc1cccn1C.I. The molecular formula is C21H34IN5O. The van der Waals surface area contributed by atoms with Crippen LogP contribution in [0, 0.1) is 0 Å². The molecule has 0 saturated heterocycles. The number of likely N-dealkylation sites (N-methyl/N-ethyl adjacent to an activating group) is 1. The van der Waals surface area contributed by atoms with Gasteiger partial charge in [0.2, 0.25) is 0 Å². The first-order valence-electron chi connectivity index (χ1n) is 9.36. The highest BCUT2D eigenvalue weighted by atomic mass is 127. The number of aromatic nitrogens is 1. The summed E-state index contributed by atoms with van der Waals surface area (Å²) >= 11 is 0. The van der Waals surface area contributed by atoms with Crippen molar-refractivity contribution in [1.29, 1.82) is 0 Å². The molecule has 7 heteroatoms. The second-order valence-corrected chi connectivity index (χ2v) is 6.92. The minimum Gasteiger partial charge on any atom is -0.497 e. The number of aryl methyl sites for hydroxylation is 1. The van der Waals surface area contributed by atoms with E-state index in [1.165, 1.54) is 11.3 Å². The fourth-order valence-corrected chi connectivity index (χ4v) is 3.04. The molecule has 1 aromatic carbocycles. The number of ether oxygens (including phenoxy) is 1. The fraction of sp³-hybridized carbons (Fsp3) is 0.476. The summed E-state index contributed by atoms with van der Waals surface area (Å²) in [5, 5.41) is 3.41. The Morgan fingerprint density at radius 1 is 1.21 bits per heavy atom. The minimum atomic E-state index is 0. The summed E-state index contributed by atoms with van der Waals surface area (Å²) in [6, 6.07) is 12.6. The zero-order valence-corrected chi connectivity index (χ0v) is 20.2. The number of hydrogen-bond donors (Lipinski definition) is 1. The van der Waals surface area contributed by atoms with Crippen molar-refractivity contribution in [3.63, 3.8) is 0 Å². The third-order valence-electron chi connectivity index (χ3n) is 4.66. The fourth-order valence-electron chi connectivity index (χ4n) is 3.04. The predicted octanol–water partition coefficient (Wildman–Crippen LogP) is 3.35. The third kappa shape index (κ3) is 6.70. The van der Waals surface area contributed by atoms with Crippen LogP contribution >= 0.6 is 24.0 Å². The van der Waals surface area contributed by atoms with E-state index in [9.17, 15) is 0 Å². The summed E-state index contributed by atoms with van der Waals surface area (Å²) in [7, 11) is 10.0. The number of methoxy groups -OCH3 is 1. The number of benzene rings is 1. The second kappa shape index (κ2) is 12.0. The Bertz CT molecular complexity index is 744. The van der Waals surface area contributed by atoms with Crippen molar-refractivity contribution in [1.82, 2.24) is 19.7 Å². The molecule has 1 unspecified atom stereocenters. The highest BCUT2D eigenvalue weighted by Crippen LogP contribution is 2.23. The van der Waals surface area contributed by atoms with Crippen LogP contribution in [-0.2, 0) is 13.6 Å². The van der Waals surface area contributed by atoms with Crippen LogP contribution in [-0.4, -0.2) is 61.7 Å². The number of nitrogens with zero attached hydrogens (tertiary/aromatic N) is 4. The number of guanidine groups is 1. The Kier molecular flexibility index (Phi) is 10.4. The molecule has 2 aromatic rings. The van der Waals surface area contributed by atoms with E-state index in [4.69, 9.17) is 9.73 Å². The summed E-state index contributed by atoms with van der Waals surface area (Å²) in [6.07, 6.45) is 2.07. The van der Waals surface area contributed by atoms with Crippen molar-refractivity contribution < 1.29 is 4.74 Å². The van der Waals surface area contributed by atoms with Crippen LogP contribution in [0.4, 0.5) is 0 Å². The molecule has 0 aliphatic carbocycles. The lowest BCUT2D eigenvalue weighted by atomic mass is 10.1. The van der Waals surface area contributed by atoms with E-state index in [1.807, 2.05) is 12.1 Å². The van der Waals surface area contributed by atoms with Crippen LogP contribution in [0.25, 0.3) is 0 Å². The van der Waals surface area contributed by atoms with E-state index in [0.717, 1.165) is 24.8 Å². The zero-order chi connectivity index (χ0) is 19.8. The maximum absolute atomic E-state index is 5.38. The van der Waals surface area contributed by atoms with E-state index in [0.29, 0.717) is 6.54 Å². The molecule has 0 bridgehead atoms. The van der Waals surface area contributed by atoms with Gasteiger partial charge in [0, 0.05) is 32.5 Å². The van der Waals surface area contributed by atoms with Gasteiger partial charge in [-0.3, -0.25) is 4.99 Å². The van der Waals surface area contributed by atoms with E-state index in [-0.39, 0.29) is 30.0 Å². The number of nitrogens with one attached hydrogen (secondary N) is 1. The van der Waals surface area contributed by atoms with Crippen LogP contribution < -0.4 is 10.1 Å². The van der Waals surface area contributed by atoms with Gasteiger partial charge in [0.1, 0.15) is 5.75 Å². The van der Waals surface area contributed by atoms with Gasteiger partial charge in [0.25, 0.3) is 0 Å². The van der Waals surface area contributed by atoms with Crippen LogP contribution in [0.15, 0.2) is 47.6 Å². The first-order chi connectivity index (χ1) is 13.0. The Labute approximate surface area is 186 Å². The molecule has 0 amide bonds. The largest absolute Gasteiger partial charge is 0.497 e. The average Bonchev–Trinajstić information content (AvgIpc) is 3.05. The molecule has 156 valence electrons. The smallest absolute Gasteiger partial charge is 0.194 e. The summed E-state index contributed by atoms with van der Waals surface area (Å²) in [6.45, 7) is 4.40. The Hall–Kier alpha value is -1.74. The first kappa shape index (κ1) is 24.3. The van der Waals surface area contributed by atoms with Crippen molar-refractivity contribution in [3.8, 4) is 5.75 Å². The summed E-state index contributed by atoms with van der Waals surface area (Å²) in [4.78, 5) is 9.27. The molecule has 0 saturated carbocycles. The van der Waals surface area contributed by atoms with Crippen molar-refractivity contribution >= 4 is 29.9 Å². The van der Waals surface area contributed by atoms with Gasteiger partial charge >= 0.3 is 0 Å². The molecular weight excluding hydrogens is 465 g/mol. The lowest BCUT2D eigenvalue weighted by Crippen LogP contribution is -2.39. The van der Waals surface area contributed by atoms with Gasteiger partial charge in [-0.2, -0.15) is 0 Å². The van der Waals surface area contributed by atoms with Gasteiger partial charge in [-0.1, -0.05) is 12.1 Å². The Balaban J connectivity index is 0.00000392. The maximum Gasteiger partial charge on any atom is 0.194 e. The maximum atomic E-state index is 5.38. The monoisotopic (exact) mass is 499 g/mol. The quantitative estimate of drug-likeness (QED) is 0.344. The van der Waals surface area contributed by atoms with Crippen molar-refractivity contribution in [3.05, 3.63) is 53.9 Å². The lowest BCUT2D eigenvalue weighted by molar-refractivity contribution is 0.304. The molecule has 1 heterocycles. The van der Waals surface area contributed by atoms with Crippen LogP contribution in [0.2, 0.25) is 0 Å². The molecule has 1 atom stereocenters. The van der Waals surface area contributed by atoms with Gasteiger partial charge in [-0.25, -0.2) is 0 Å². The van der Waals surface area contributed by atoms with E-state index < -0.39 is 0 Å². The van der Waals surface area contributed by atoms with E-state index in [1.54, 1.807) is 7.11 Å². The van der Waals surface area contributed by atoms with E-state index in [2.05, 4.69) is 85.3 Å². The molecule has 0 radical (unpaired) electrons. The van der Waals surface area contributed by atoms with Crippen molar-refractivity contribution in [2.75, 3.05) is 41.3 Å². The molecule has 0 aliphatic rings. The predicted molar refractivity (Wildman–Crippen MR) is 128 cm³/mol. The molecule has 2 rings (SSSR count). The normalized spacial score (nSPS) is 12.5. The van der Waals surface area contributed by atoms with E-state index >= 15 is 0 Å². The standard InChI is InChI=1S/C21H33N5O.HI/c1-7-22-21(26(5)16-18-11-9-13-25(18)4)23-15-20(24(2)3)17-10-8-12-19(14-17)27-6;/h8-14,20H,7,15-16H2,1-6H3,(H,22,23);1H. The molecule has 0 fully saturated rings. The summed E-state index contributed by atoms with van der Waals surface area (Å²) in [5.74, 6) is 1.78. The third-order valence-corrected chi connectivity index (χ3v) is 4.66. The molecule has 1 aromatic heterocycles. The van der Waals surface area contributed by atoms with Crippen LogP contribution in [0.1, 0.15) is 24.2 Å². The molecule has 0 spiro atoms. The van der Waals surface area contributed by atoms with Gasteiger partial charge in [0.05, 0.1) is 26.2 Å². The van der Waals surface area contributed by atoms with Gasteiger partial charge < -0.3 is 24.4 Å². The first-order valence-corrected chi connectivity index (χ1v) is 9.36. The highest BCUT2D eigenvalue weighted by molar-refractivity contribution is 14.0. The topological polar surface area (TPSA) is 45.0 Å². The summed E-state index contributed by atoms with van der Waals surface area (Å²) < 4.78 is 7.52. The highest BCUT2D eigenvalue weighted by Gasteiger charge is 2.16. The molecule has 0 aliphatic heterocycles. The Morgan fingerprint density at radius 2 is 1.96 bits per heavy atom. The molecule has 28 heavy (non-hydrogen) atoms. The number of halogens is 1. The number of rotatable bonds is 8. The van der Waals surface area contributed by atoms with Gasteiger partial charge in [-0.15, -0.1) is 24.0 Å². The number of aliphatic imine (C=N–C) groups is 1. The van der Waals surface area contributed by atoms with Crippen LogP contribution in [0.3, 0.4) is 0 Å². The van der Waals surface area contributed by atoms with Crippen molar-refractivity contribution in [2.45, 2.75) is 19.5 Å². The van der Waals surface area contributed by atoms with Crippen molar-refractivity contribution in [2.24, 2.45) is 12.0 Å². The van der Waals surface area contributed by atoms with Crippen LogP contribution in [0.5, 0.6) is 5.75 Å². The molecule has 1 N–H and O–H groups in total. The summed E-state index contributed by atoms with van der Waals surface area (Å²) in [5.41, 5.74) is 2.45. The average molecular weight is 499 g/mol.